The van der Waals surface area contributed by atoms with Gasteiger partial charge in [-0.2, -0.15) is 0 Å². The van der Waals surface area contributed by atoms with Gasteiger partial charge in [0, 0.05) is 18.1 Å². The molecule has 0 radical (unpaired) electrons. The Balaban J connectivity index is 1.64. The molecule has 2 N–H and O–H groups in total. The van der Waals surface area contributed by atoms with Crippen LogP contribution in [0.25, 0.3) is 0 Å². The summed E-state index contributed by atoms with van der Waals surface area (Å²) >= 11 is 5.83. The van der Waals surface area contributed by atoms with E-state index in [1.165, 1.54) is 0 Å². The van der Waals surface area contributed by atoms with Crippen LogP contribution in [0.2, 0.25) is 5.02 Å². The quantitative estimate of drug-likeness (QED) is 0.781. The van der Waals surface area contributed by atoms with Gasteiger partial charge in [-0.05, 0) is 41.8 Å². The largest absolute Gasteiger partial charge is 0.497 e. The van der Waals surface area contributed by atoms with Crippen molar-refractivity contribution < 1.29 is 9.53 Å². The fraction of sp³-hybridized carbons (Fsp3) is 0.278. The van der Waals surface area contributed by atoms with Crippen LogP contribution in [0.15, 0.2) is 48.5 Å². The predicted octanol–water partition coefficient (Wildman–Crippen LogP) is 2.80. The Labute approximate surface area is 141 Å². The first-order valence-corrected chi connectivity index (χ1v) is 7.90. The topological polar surface area (TPSA) is 50.4 Å². The third kappa shape index (κ3) is 6.30. The molecule has 23 heavy (non-hydrogen) atoms. The minimum atomic E-state index is -0.0122. The second-order valence-electron chi connectivity index (χ2n) is 5.18. The molecule has 0 spiro atoms. The van der Waals surface area contributed by atoms with E-state index in [2.05, 4.69) is 10.6 Å². The first-order chi connectivity index (χ1) is 11.2. The van der Waals surface area contributed by atoms with Crippen LogP contribution in [0, 0.1) is 0 Å². The summed E-state index contributed by atoms with van der Waals surface area (Å²) in [7, 11) is 1.65. The van der Waals surface area contributed by atoms with Gasteiger partial charge in [-0.3, -0.25) is 4.79 Å². The summed E-state index contributed by atoms with van der Waals surface area (Å²) in [5, 5.41) is 6.73. The summed E-state index contributed by atoms with van der Waals surface area (Å²) in [5.74, 6) is 0.820. The molecule has 0 aromatic heterocycles. The van der Waals surface area contributed by atoms with Crippen LogP contribution >= 0.6 is 11.6 Å². The molecule has 122 valence electrons. The number of halogens is 1. The maximum absolute atomic E-state index is 11.8. The van der Waals surface area contributed by atoms with Crippen LogP contribution < -0.4 is 15.4 Å². The highest BCUT2D eigenvalue weighted by Crippen LogP contribution is 2.12. The average molecular weight is 333 g/mol. The van der Waals surface area contributed by atoms with E-state index >= 15 is 0 Å². The Morgan fingerprint density at radius 2 is 1.91 bits per heavy atom. The molecule has 4 nitrogen and oxygen atoms in total. The summed E-state index contributed by atoms with van der Waals surface area (Å²) in [5.41, 5.74) is 2.23. The summed E-state index contributed by atoms with van der Waals surface area (Å²) in [4.78, 5) is 11.8. The molecule has 5 heteroatoms. The lowest BCUT2D eigenvalue weighted by Crippen LogP contribution is -2.34. The fourth-order valence-electron chi connectivity index (χ4n) is 2.16. The molecule has 2 rings (SSSR count). The Morgan fingerprint density at radius 3 is 2.65 bits per heavy atom. The number of nitrogens with one attached hydrogen (secondary N) is 2. The van der Waals surface area contributed by atoms with Gasteiger partial charge in [-0.15, -0.1) is 0 Å². The number of amides is 1. The number of hydrogen-bond donors (Lipinski definition) is 2. The minimum absolute atomic E-state index is 0.0122. The lowest BCUT2D eigenvalue weighted by atomic mass is 10.1. The number of carbonyl (C=O) groups excluding carboxylic acids is 1. The molecule has 0 aliphatic heterocycles. The van der Waals surface area contributed by atoms with Gasteiger partial charge < -0.3 is 15.4 Å². The Morgan fingerprint density at radius 1 is 1.13 bits per heavy atom. The van der Waals surface area contributed by atoms with Gasteiger partial charge >= 0.3 is 0 Å². The van der Waals surface area contributed by atoms with Gasteiger partial charge in [0.15, 0.2) is 0 Å². The predicted molar refractivity (Wildman–Crippen MR) is 92.9 cm³/mol. The molecule has 0 bridgehead atoms. The second kappa shape index (κ2) is 9.18. The van der Waals surface area contributed by atoms with Crippen molar-refractivity contribution in [3.05, 3.63) is 64.7 Å². The molecule has 0 saturated carbocycles. The molecule has 2 aromatic rings. The van der Waals surface area contributed by atoms with Crippen molar-refractivity contribution in [1.29, 1.82) is 0 Å². The molecule has 0 atom stereocenters. The Kier molecular flexibility index (Phi) is 6.91. The molecule has 0 unspecified atom stereocenters. The van der Waals surface area contributed by atoms with E-state index in [4.69, 9.17) is 16.3 Å². The second-order valence-corrected chi connectivity index (χ2v) is 5.62. The maximum atomic E-state index is 11.8. The maximum Gasteiger partial charge on any atom is 0.233 e. The monoisotopic (exact) mass is 332 g/mol. The van der Waals surface area contributed by atoms with E-state index < -0.39 is 0 Å². The van der Waals surface area contributed by atoms with Gasteiger partial charge in [-0.1, -0.05) is 35.9 Å². The van der Waals surface area contributed by atoms with Crippen molar-refractivity contribution >= 4 is 17.5 Å². The highest BCUT2D eigenvalue weighted by Gasteiger charge is 2.01. The lowest BCUT2D eigenvalue weighted by molar-refractivity contribution is -0.120. The lowest BCUT2D eigenvalue weighted by Gasteiger charge is -2.08. The third-order valence-electron chi connectivity index (χ3n) is 3.40. The summed E-state index contributed by atoms with van der Waals surface area (Å²) in [6.45, 7) is 1.54. The number of benzene rings is 2. The molecule has 0 aliphatic carbocycles. The number of methoxy groups -OCH3 is 1. The van der Waals surface area contributed by atoms with Crippen molar-refractivity contribution in [2.24, 2.45) is 0 Å². The van der Waals surface area contributed by atoms with Crippen molar-refractivity contribution in [2.45, 2.75) is 13.0 Å². The fourth-order valence-corrected chi connectivity index (χ4v) is 2.29. The van der Waals surface area contributed by atoms with E-state index in [1.807, 2.05) is 48.5 Å². The first kappa shape index (κ1) is 17.3. The van der Waals surface area contributed by atoms with Crippen LogP contribution in [0.1, 0.15) is 11.1 Å². The normalized spacial score (nSPS) is 10.3. The Hall–Kier alpha value is -2.04. The van der Waals surface area contributed by atoms with Gasteiger partial charge in [-0.25, -0.2) is 0 Å². The van der Waals surface area contributed by atoms with Gasteiger partial charge in [0.1, 0.15) is 5.75 Å². The molecule has 0 heterocycles. The van der Waals surface area contributed by atoms with E-state index in [0.717, 1.165) is 23.3 Å². The standard InChI is InChI=1S/C18H21ClN2O2/c1-23-17-4-2-3-14(11-17)9-10-21-18(22)13-20-12-15-5-7-16(19)8-6-15/h2-8,11,20H,9-10,12-13H2,1H3,(H,21,22). The number of hydrogen-bond acceptors (Lipinski definition) is 3. The van der Waals surface area contributed by atoms with Gasteiger partial charge in [0.05, 0.1) is 13.7 Å². The zero-order chi connectivity index (χ0) is 16.5. The Bertz CT molecular complexity index is 629. The molecule has 0 aliphatic rings. The highest BCUT2D eigenvalue weighted by molar-refractivity contribution is 6.30. The van der Waals surface area contributed by atoms with Crippen LogP contribution in [0.4, 0.5) is 0 Å². The zero-order valence-electron chi connectivity index (χ0n) is 13.1. The van der Waals surface area contributed by atoms with Crippen LogP contribution in [0.3, 0.4) is 0 Å². The van der Waals surface area contributed by atoms with Gasteiger partial charge in [0.25, 0.3) is 0 Å². The van der Waals surface area contributed by atoms with Crippen LogP contribution in [0.5, 0.6) is 5.75 Å². The molecular weight excluding hydrogens is 312 g/mol. The third-order valence-corrected chi connectivity index (χ3v) is 3.65. The van der Waals surface area contributed by atoms with Crippen LogP contribution in [-0.2, 0) is 17.8 Å². The smallest absolute Gasteiger partial charge is 0.233 e. The molecular formula is C18H21ClN2O2. The summed E-state index contributed by atoms with van der Waals surface area (Å²) in [6, 6.07) is 15.4. The van der Waals surface area contributed by atoms with E-state index in [0.29, 0.717) is 24.7 Å². The molecule has 0 saturated heterocycles. The number of ether oxygens (including phenoxy) is 1. The first-order valence-electron chi connectivity index (χ1n) is 7.52. The molecule has 2 aromatic carbocycles. The number of carbonyl (C=O) groups is 1. The summed E-state index contributed by atoms with van der Waals surface area (Å²) < 4.78 is 5.18. The van der Waals surface area contributed by atoms with Crippen LogP contribution in [-0.4, -0.2) is 26.1 Å². The van der Waals surface area contributed by atoms with Gasteiger partial charge in [0.2, 0.25) is 5.91 Å². The van der Waals surface area contributed by atoms with E-state index in [-0.39, 0.29) is 5.91 Å². The van der Waals surface area contributed by atoms with E-state index in [9.17, 15) is 4.79 Å². The zero-order valence-corrected chi connectivity index (χ0v) is 13.9. The SMILES string of the molecule is COc1cccc(CCNC(=O)CNCc2ccc(Cl)cc2)c1. The van der Waals surface area contributed by atoms with Crippen molar-refractivity contribution in [3.63, 3.8) is 0 Å². The van der Waals surface area contributed by atoms with Crippen molar-refractivity contribution in [1.82, 2.24) is 10.6 Å². The minimum Gasteiger partial charge on any atom is -0.497 e. The molecule has 0 fully saturated rings. The summed E-state index contributed by atoms with van der Waals surface area (Å²) in [6.07, 6.45) is 0.778. The highest BCUT2D eigenvalue weighted by atomic mass is 35.5. The number of rotatable bonds is 8. The average Bonchev–Trinajstić information content (AvgIpc) is 2.57. The van der Waals surface area contributed by atoms with E-state index in [1.54, 1.807) is 7.11 Å². The van der Waals surface area contributed by atoms with Crippen molar-refractivity contribution in [3.8, 4) is 5.75 Å². The van der Waals surface area contributed by atoms with Crippen molar-refractivity contribution in [2.75, 3.05) is 20.2 Å². The molecule has 1 amide bonds.